The Kier molecular flexibility index (Phi) is 20.2. The summed E-state index contributed by atoms with van der Waals surface area (Å²) in [5.74, 6) is -4.52. The van der Waals surface area contributed by atoms with Gasteiger partial charge in [0, 0.05) is 5.92 Å². The summed E-state index contributed by atoms with van der Waals surface area (Å²) in [7, 11) is 0. The van der Waals surface area contributed by atoms with E-state index in [4.69, 9.17) is 0 Å². The molecule has 0 heterocycles. The first-order chi connectivity index (χ1) is 7.59. The SMILES string of the molecule is CCCCCCCCCC(C(=O)[O-])C(=O)[O-].[Ag+].[Ag+]. The van der Waals surface area contributed by atoms with Crippen molar-refractivity contribution in [2.45, 2.75) is 58.3 Å². The van der Waals surface area contributed by atoms with E-state index in [-0.39, 0.29) is 51.2 Å². The third-order valence-corrected chi connectivity index (χ3v) is 2.67. The van der Waals surface area contributed by atoms with Crippen molar-refractivity contribution < 1.29 is 64.6 Å². The first-order valence-corrected chi connectivity index (χ1v) is 6.01. The van der Waals surface area contributed by atoms with E-state index in [9.17, 15) is 19.8 Å². The zero-order valence-electron chi connectivity index (χ0n) is 10.5. The number of rotatable bonds is 10. The van der Waals surface area contributed by atoms with Gasteiger partial charge in [0.25, 0.3) is 0 Å². The van der Waals surface area contributed by atoms with E-state index >= 15 is 0 Å². The van der Waals surface area contributed by atoms with Gasteiger partial charge in [-0.3, -0.25) is 0 Å². The molecule has 0 aliphatic heterocycles. The van der Waals surface area contributed by atoms with Gasteiger partial charge in [-0.25, -0.2) is 0 Å². The molecule has 0 saturated heterocycles. The summed E-state index contributed by atoms with van der Waals surface area (Å²) in [6.45, 7) is 2.14. The monoisotopic (exact) mass is 442 g/mol. The van der Waals surface area contributed by atoms with E-state index in [1.165, 1.54) is 19.3 Å². The van der Waals surface area contributed by atoms with Crippen LogP contribution in [0.4, 0.5) is 0 Å². The summed E-state index contributed by atoms with van der Waals surface area (Å²) in [6, 6.07) is 0. The molecule has 0 unspecified atom stereocenters. The molecule has 0 aliphatic rings. The van der Waals surface area contributed by atoms with Crippen LogP contribution in [0.15, 0.2) is 0 Å². The zero-order valence-corrected chi connectivity index (χ0v) is 13.4. The van der Waals surface area contributed by atoms with Crippen molar-refractivity contribution in [3.8, 4) is 0 Å². The normalized spacial score (nSPS) is 9.44. The van der Waals surface area contributed by atoms with Crippen LogP contribution < -0.4 is 10.2 Å². The van der Waals surface area contributed by atoms with Crippen LogP contribution in [0.25, 0.3) is 0 Å². The van der Waals surface area contributed by atoms with Crippen molar-refractivity contribution in [2.24, 2.45) is 5.92 Å². The Morgan fingerprint density at radius 3 is 1.61 bits per heavy atom. The van der Waals surface area contributed by atoms with Gasteiger partial charge in [-0.05, 0) is 6.42 Å². The molecule has 0 aromatic heterocycles. The van der Waals surface area contributed by atoms with E-state index in [0.29, 0.717) is 6.42 Å². The largest absolute Gasteiger partial charge is 1.00 e. The van der Waals surface area contributed by atoms with Gasteiger partial charge in [-0.2, -0.15) is 0 Å². The third-order valence-electron chi connectivity index (χ3n) is 2.67. The third kappa shape index (κ3) is 12.9. The molecule has 0 spiro atoms. The molecule has 0 rings (SSSR count). The molecule has 0 fully saturated rings. The Labute approximate surface area is 140 Å². The van der Waals surface area contributed by atoms with Crippen LogP contribution in [-0.2, 0) is 54.3 Å². The minimum atomic E-state index is -1.54. The molecule has 0 saturated carbocycles. The molecular weight excluding hydrogens is 424 g/mol. The summed E-state index contributed by atoms with van der Waals surface area (Å²) < 4.78 is 0. The van der Waals surface area contributed by atoms with E-state index in [1.54, 1.807) is 0 Å². The smallest absolute Gasteiger partial charge is 0.549 e. The number of hydrogen-bond donors (Lipinski definition) is 0. The van der Waals surface area contributed by atoms with Crippen molar-refractivity contribution in [1.82, 2.24) is 0 Å². The van der Waals surface area contributed by atoms with E-state index < -0.39 is 17.9 Å². The minimum absolute atomic E-state index is 0. The van der Waals surface area contributed by atoms with Gasteiger partial charge in [0.2, 0.25) is 0 Å². The fourth-order valence-corrected chi connectivity index (χ4v) is 1.64. The molecule has 0 bridgehead atoms. The summed E-state index contributed by atoms with van der Waals surface area (Å²) in [5, 5.41) is 20.8. The van der Waals surface area contributed by atoms with Gasteiger partial charge in [0.15, 0.2) is 0 Å². The Bertz CT molecular complexity index is 208. The number of unbranched alkanes of at least 4 members (excludes halogenated alkanes) is 6. The zero-order chi connectivity index (χ0) is 12.4. The number of hydrogen-bond acceptors (Lipinski definition) is 4. The summed E-state index contributed by atoms with van der Waals surface area (Å²) >= 11 is 0. The van der Waals surface area contributed by atoms with E-state index in [0.717, 1.165) is 19.3 Å². The van der Waals surface area contributed by atoms with Crippen LogP contribution in [-0.4, -0.2) is 11.9 Å². The molecule has 0 amide bonds. The fourth-order valence-electron chi connectivity index (χ4n) is 1.64. The Morgan fingerprint density at radius 2 is 1.22 bits per heavy atom. The maximum atomic E-state index is 10.4. The Balaban J connectivity index is -0.00000112. The molecule has 4 nitrogen and oxygen atoms in total. The van der Waals surface area contributed by atoms with Crippen LogP contribution in [0.5, 0.6) is 0 Å². The molecular formula is C12H20Ag2O4. The number of carbonyl (C=O) groups is 2. The predicted molar refractivity (Wildman–Crippen MR) is 56.1 cm³/mol. The van der Waals surface area contributed by atoms with Crippen LogP contribution in [0.1, 0.15) is 58.3 Å². The molecule has 0 atom stereocenters. The average Bonchev–Trinajstić information content (AvgIpc) is 2.21. The predicted octanol–water partition coefficient (Wildman–Crippen LogP) is 0.238. The Hall–Kier alpha value is 0.421. The van der Waals surface area contributed by atoms with Crippen LogP contribution in [0.3, 0.4) is 0 Å². The van der Waals surface area contributed by atoms with Gasteiger partial charge < -0.3 is 19.8 Å². The number of carboxylic acids is 2. The second-order valence-corrected chi connectivity index (χ2v) is 4.10. The first kappa shape index (κ1) is 23.5. The maximum Gasteiger partial charge on any atom is 1.00 e. The first-order valence-electron chi connectivity index (χ1n) is 6.01. The van der Waals surface area contributed by atoms with Crippen LogP contribution in [0.2, 0.25) is 0 Å². The molecule has 0 N–H and O–H groups in total. The molecule has 0 radical (unpaired) electrons. The summed E-state index contributed by atoms with van der Waals surface area (Å²) in [6.07, 6.45) is 7.39. The fraction of sp³-hybridized carbons (Fsp3) is 0.833. The van der Waals surface area contributed by atoms with Crippen molar-refractivity contribution in [1.29, 1.82) is 0 Å². The number of carbonyl (C=O) groups excluding carboxylic acids is 2. The van der Waals surface area contributed by atoms with Gasteiger partial charge in [0.05, 0.1) is 11.9 Å². The summed E-state index contributed by atoms with van der Waals surface area (Å²) in [5.41, 5.74) is 0. The number of carboxylic acid groups (broad SMARTS) is 2. The second kappa shape index (κ2) is 15.5. The van der Waals surface area contributed by atoms with E-state index in [2.05, 4.69) is 6.92 Å². The second-order valence-electron chi connectivity index (χ2n) is 4.10. The molecule has 0 aromatic rings. The average molecular weight is 444 g/mol. The van der Waals surface area contributed by atoms with Crippen molar-refractivity contribution in [3.05, 3.63) is 0 Å². The maximum absolute atomic E-state index is 10.4. The molecule has 0 aliphatic carbocycles. The van der Waals surface area contributed by atoms with Crippen LogP contribution in [0, 0.1) is 5.92 Å². The molecule has 6 heteroatoms. The van der Waals surface area contributed by atoms with Crippen molar-refractivity contribution >= 4 is 11.9 Å². The summed E-state index contributed by atoms with van der Waals surface area (Å²) in [4.78, 5) is 20.8. The Morgan fingerprint density at radius 1 is 0.833 bits per heavy atom. The quantitative estimate of drug-likeness (QED) is 0.275. The molecule has 18 heavy (non-hydrogen) atoms. The van der Waals surface area contributed by atoms with Crippen molar-refractivity contribution in [3.63, 3.8) is 0 Å². The van der Waals surface area contributed by atoms with Crippen molar-refractivity contribution in [2.75, 3.05) is 0 Å². The standard InChI is InChI=1S/C12H22O4.2Ag/c1-2-3-4-5-6-7-8-9-10(11(13)14)12(15)16;;/h10H,2-9H2,1H3,(H,13,14)(H,15,16);;/q;2*+1/p-2. The topological polar surface area (TPSA) is 80.3 Å². The van der Waals surface area contributed by atoms with Gasteiger partial charge in [-0.1, -0.05) is 51.9 Å². The van der Waals surface area contributed by atoms with Gasteiger partial charge in [0.1, 0.15) is 0 Å². The number of aliphatic carboxylic acids is 2. The molecule has 114 valence electrons. The van der Waals surface area contributed by atoms with Gasteiger partial charge in [-0.15, -0.1) is 0 Å². The van der Waals surface area contributed by atoms with Gasteiger partial charge >= 0.3 is 44.8 Å². The van der Waals surface area contributed by atoms with E-state index in [1.807, 2.05) is 0 Å². The van der Waals surface area contributed by atoms with Crippen LogP contribution >= 0.6 is 0 Å². The minimum Gasteiger partial charge on any atom is -0.549 e. The molecule has 0 aromatic carbocycles.